The summed E-state index contributed by atoms with van der Waals surface area (Å²) in [5.74, 6) is -0.171. The lowest BCUT2D eigenvalue weighted by Gasteiger charge is -2.16. The Kier molecular flexibility index (Phi) is 4.46. The molecule has 0 radical (unpaired) electrons. The van der Waals surface area contributed by atoms with Crippen molar-refractivity contribution in [3.8, 4) is 5.82 Å². The molecule has 0 unspecified atom stereocenters. The number of aromatic nitrogens is 5. The van der Waals surface area contributed by atoms with Crippen LogP contribution >= 0.6 is 0 Å². The fourth-order valence-corrected chi connectivity index (χ4v) is 3.21. The molecule has 4 aromatic rings. The van der Waals surface area contributed by atoms with Gasteiger partial charge < -0.3 is 16.2 Å². The summed E-state index contributed by atoms with van der Waals surface area (Å²) >= 11 is 0. The van der Waals surface area contributed by atoms with Crippen LogP contribution in [0, 0.1) is 12.7 Å². The predicted octanol–water partition coefficient (Wildman–Crippen LogP) is 3.16. The van der Waals surface area contributed by atoms with Crippen LogP contribution in [0.2, 0.25) is 0 Å². The van der Waals surface area contributed by atoms with Gasteiger partial charge in [0.1, 0.15) is 0 Å². The maximum Gasteiger partial charge on any atom is 0.229 e. The molecule has 0 spiro atoms. The summed E-state index contributed by atoms with van der Waals surface area (Å²) < 4.78 is 17.9. The normalized spacial score (nSPS) is 11.9. The molecule has 0 aliphatic carbocycles. The molecule has 0 bridgehead atoms. The van der Waals surface area contributed by atoms with Gasteiger partial charge in [-0.15, -0.1) is 0 Å². The first-order valence-corrected chi connectivity index (χ1v) is 9.11. The highest BCUT2D eigenvalue weighted by Crippen LogP contribution is 2.27. The molecule has 4 rings (SSSR count). The summed E-state index contributed by atoms with van der Waals surface area (Å²) in [7, 11) is 0. The number of aryl methyl sites for hydroxylation is 1. The Hall–Kier alpha value is -3.46. The Labute approximate surface area is 166 Å². The van der Waals surface area contributed by atoms with E-state index < -0.39 is 11.4 Å². The van der Waals surface area contributed by atoms with E-state index >= 15 is 0 Å². The molecule has 3 heterocycles. The number of hydrogen-bond acceptors (Lipinski definition) is 6. The number of fused-ring (bicyclic) bond motifs is 1. The van der Waals surface area contributed by atoms with E-state index in [4.69, 9.17) is 5.73 Å². The number of nitrogens with zero attached hydrogens (tertiary/aromatic N) is 5. The first kappa shape index (κ1) is 18.9. The number of anilines is 3. The molecule has 1 aromatic carbocycles. The first-order chi connectivity index (χ1) is 13.7. The van der Waals surface area contributed by atoms with E-state index in [1.807, 2.05) is 25.3 Å². The lowest BCUT2D eigenvalue weighted by atomic mass is 10.1. The molecular formula is C20H22FN7O. The maximum atomic E-state index is 14.6. The van der Waals surface area contributed by atoms with Crippen LogP contribution in [0.5, 0.6) is 0 Å². The van der Waals surface area contributed by atoms with Gasteiger partial charge in [0.2, 0.25) is 5.95 Å². The SMILES string of the molecule is Cc1cn(-c2nc(Nc3cnn(CC(C)(C)O)c3)ncc2F)c2ccc(N)cc12. The third-order valence-corrected chi connectivity index (χ3v) is 4.42. The van der Waals surface area contributed by atoms with E-state index in [2.05, 4.69) is 20.4 Å². The third kappa shape index (κ3) is 3.90. The number of nitrogens with two attached hydrogens (primary N) is 1. The average Bonchev–Trinajstić information content (AvgIpc) is 3.19. The van der Waals surface area contributed by atoms with Gasteiger partial charge in [-0.3, -0.25) is 9.25 Å². The predicted molar refractivity (Wildman–Crippen MR) is 110 cm³/mol. The third-order valence-electron chi connectivity index (χ3n) is 4.42. The van der Waals surface area contributed by atoms with Crippen molar-refractivity contribution < 1.29 is 9.50 Å². The highest BCUT2D eigenvalue weighted by molar-refractivity contribution is 5.87. The van der Waals surface area contributed by atoms with Gasteiger partial charge in [-0.2, -0.15) is 10.1 Å². The summed E-state index contributed by atoms with van der Waals surface area (Å²) in [4.78, 5) is 8.38. The highest BCUT2D eigenvalue weighted by atomic mass is 19.1. The van der Waals surface area contributed by atoms with Gasteiger partial charge in [-0.1, -0.05) is 0 Å². The first-order valence-electron chi connectivity index (χ1n) is 9.11. The van der Waals surface area contributed by atoms with Crippen LogP contribution in [0.15, 0.2) is 43.0 Å². The molecular weight excluding hydrogens is 373 g/mol. The average molecular weight is 395 g/mol. The number of nitrogens with one attached hydrogen (secondary N) is 1. The number of benzene rings is 1. The Bertz CT molecular complexity index is 1190. The Balaban J connectivity index is 1.67. The van der Waals surface area contributed by atoms with Gasteiger partial charge in [-0.25, -0.2) is 9.37 Å². The van der Waals surface area contributed by atoms with Gasteiger partial charge in [0, 0.05) is 23.5 Å². The molecule has 0 saturated heterocycles. The van der Waals surface area contributed by atoms with Crippen molar-refractivity contribution in [2.75, 3.05) is 11.1 Å². The van der Waals surface area contributed by atoms with Crippen LogP contribution in [0.25, 0.3) is 16.7 Å². The lowest BCUT2D eigenvalue weighted by Crippen LogP contribution is -2.26. The second-order valence-corrected chi connectivity index (χ2v) is 7.69. The van der Waals surface area contributed by atoms with Crippen LogP contribution in [0.3, 0.4) is 0 Å². The quantitative estimate of drug-likeness (QED) is 0.448. The monoisotopic (exact) mass is 395 g/mol. The molecule has 9 heteroatoms. The number of aliphatic hydroxyl groups is 1. The van der Waals surface area contributed by atoms with Gasteiger partial charge in [0.15, 0.2) is 11.6 Å². The topological polar surface area (TPSA) is 107 Å². The molecule has 0 amide bonds. The highest BCUT2D eigenvalue weighted by Gasteiger charge is 2.16. The zero-order chi connectivity index (χ0) is 20.8. The lowest BCUT2D eigenvalue weighted by molar-refractivity contribution is 0.0578. The second kappa shape index (κ2) is 6.85. The van der Waals surface area contributed by atoms with Gasteiger partial charge in [0.05, 0.1) is 35.7 Å². The van der Waals surface area contributed by atoms with Crippen molar-refractivity contribution in [2.24, 2.45) is 0 Å². The van der Waals surface area contributed by atoms with Crippen LogP contribution in [0.4, 0.5) is 21.7 Å². The molecule has 150 valence electrons. The minimum Gasteiger partial charge on any atom is -0.399 e. The zero-order valence-corrected chi connectivity index (χ0v) is 16.4. The summed E-state index contributed by atoms with van der Waals surface area (Å²) in [6.45, 7) is 5.68. The van der Waals surface area contributed by atoms with Crippen LogP contribution in [0.1, 0.15) is 19.4 Å². The van der Waals surface area contributed by atoms with Gasteiger partial charge in [0.25, 0.3) is 0 Å². The molecule has 0 aliphatic heterocycles. The van der Waals surface area contributed by atoms with Crippen molar-refractivity contribution in [2.45, 2.75) is 32.9 Å². The largest absolute Gasteiger partial charge is 0.399 e. The molecule has 0 aliphatic rings. The van der Waals surface area contributed by atoms with E-state index in [-0.39, 0.29) is 11.8 Å². The van der Waals surface area contributed by atoms with Crippen molar-refractivity contribution in [3.63, 3.8) is 0 Å². The van der Waals surface area contributed by atoms with Crippen molar-refractivity contribution in [1.29, 1.82) is 0 Å². The molecule has 4 N–H and O–H groups in total. The second-order valence-electron chi connectivity index (χ2n) is 7.69. The Morgan fingerprint density at radius 1 is 1.24 bits per heavy atom. The Morgan fingerprint density at radius 2 is 2.03 bits per heavy atom. The number of halogens is 1. The van der Waals surface area contributed by atoms with Crippen LogP contribution in [-0.4, -0.2) is 35.0 Å². The molecule has 0 atom stereocenters. The van der Waals surface area contributed by atoms with Crippen LogP contribution < -0.4 is 11.1 Å². The molecule has 3 aromatic heterocycles. The van der Waals surface area contributed by atoms with E-state index in [0.29, 0.717) is 17.9 Å². The maximum absolute atomic E-state index is 14.6. The number of nitrogen functional groups attached to an aromatic ring is 1. The number of rotatable bonds is 5. The van der Waals surface area contributed by atoms with Crippen LogP contribution in [-0.2, 0) is 6.54 Å². The summed E-state index contributed by atoms with van der Waals surface area (Å²) in [6.07, 6.45) is 6.27. The van der Waals surface area contributed by atoms with Gasteiger partial charge >= 0.3 is 0 Å². The summed E-state index contributed by atoms with van der Waals surface area (Å²) in [5, 5.41) is 18.1. The zero-order valence-electron chi connectivity index (χ0n) is 16.4. The molecule has 8 nitrogen and oxygen atoms in total. The van der Waals surface area contributed by atoms with Crippen molar-refractivity contribution in [3.05, 3.63) is 54.4 Å². The fourth-order valence-electron chi connectivity index (χ4n) is 3.21. The molecule has 0 saturated carbocycles. The van der Waals surface area contributed by atoms with E-state index in [0.717, 1.165) is 22.7 Å². The summed E-state index contributed by atoms with van der Waals surface area (Å²) in [6, 6.07) is 5.47. The number of hydrogen-bond donors (Lipinski definition) is 3. The standard InChI is InChI=1S/C20H22FN7O/c1-12-9-28(17-5-4-13(22)6-15(12)17)18-16(21)8-23-19(26-18)25-14-7-24-27(10-14)11-20(2,3)29/h4-10,29H,11,22H2,1-3H3,(H,23,25,26). The van der Waals surface area contributed by atoms with Crippen molar-refractivity contribution in [1.82, 2.24) is 24.3 Å². The van der Waals surface area contributed by atoms with E-state index in [9.17, 15) is 9.50 Å². The van der Waals surface area contributed by atoms with E-state index in [1.165, 1.54) is 0 Å². The fraction of sp³-hybridized carbons (Fsp3) is 0.250. The minimum absolute atomic E-state index is 0.134. The minimum atomic E-state index is -0.889. The molecule has 29 heavy (non-hydrogen) atoms. The van der Waals surface area contributed by atoms with Crippen molar-refractivity contribution >= 4 is 28.2 Å². The van der Waals surface area contributed by atoms with E-state index in [1.54, 1.807) is 41.6 Å². The molecule has 0 fully saturated rings. The smallest absolute Gasteiger partial charge is 0.229 e. The Morgan fingerprint density at radius 3 is 2.79 bits per heavy atom. The summed E-state index contributed by atoms with van der Waals surface area (Å²) in [5.41, 5.74) is 8.04. The van der Waals surface area contributed by atoms with Gasteiger partial charge in [-0.05, 0) is 44.5 Å².